The van der Waals surface area contributed by atoms with Crippen LogP contribution in [0.4, 0.5) is 4.79 Å². The van der Waals surface area contributed by atoms with Gasteiger partial charge in [0.25, 0.3) is 0 Å². The summed E-state index contributed by atoms with van der Waals surface area (Å²) >= 11 is 0. The van der Waals surface area contributed by atoms with E-state index in [0.29, 0.717) is 19.7 Å². The minimum Gasteiger partial charge on any atom is -0.372 e. The molecule has 2 aromatic rings. The van der Waals surface area contributed by atoms with E-state index in [-0.39, 0.29) is 17.7 Å². The summed E-state index contributed by atoms with van der Waals surface area (Å²) in [5.74, 6) is 0.770. The van der Waals surface area contributed by atoms with Crippen LogP contribution in [-0.2, 0) is 4.74 Å². The maximum Gasteiger partial charge on any atom is 0.318 e. The first-order chi connectivity index (χ1) is 11.0. The Morgan fingerprint density at radius 2 is 2.30 bits per heavy atom. The summed E-state index contributed by atoms with van der Waals surface area (Å²) in [6.45, 7) is 7.88. The van der Waals surface area contributed by atoms with Crippen molar-refractivity contribution in [3.8, 4) is 0 Å². The van der Waals surface area contributed by atoms with E-state index >= 15 is 0 Å². The summed E-state index contributed by atoms with van der Waals surface area (Å²) in [6, 6.07) is 7.61. The van der Waals surface area contributed by atoms with Crippen molar-refractivity contribution in [3.63, 3.8) is 0 Å². The van der Waals surface area contributed by atoms with Gasteiger partial charge in [0.05, 0.1) is 35.8 Å². The van der Waals surface area contributed by atoms with Crippen LogP contribution < -0.4 is 5.32 Å². The van der Waals surface area contributed by atoms with Crippen molar-refractivity contribution in [3.05, 3.63) is 30.1 Å². The van der Waals surface area contributed by atoms with Gasteiger partial charge in [0.15, 0.2) is 0 Å². The SMILES string of the molecule is CC[C@]1(C)CN(C(=O)N[C@H](C)c2nc3ccccc3[nH]2)CCO1. The van der Waals surface area contributed by atoms with E-state index in [1.165, 1.54) is 0 Å². The summed E-state index contributed by atoms with van der Waals surface area (Å²) in [5.41, 5.74) is 1.64. The lowest BCUT2D eigenvalue weighted by Crippen LogP contribution is -2.54. The van der Waals surface area contributed by atoms with Gasteiger partial charge in [-0.25, -0.2) is 9.78 Å². The molecule has 0 spiro atoms. The Morgan fingerprint density at radius 1 is 1.52 bits per heavy atom. The standard InChI is InChI=1S/C17H24N4O2/c1-4-17(3)11-21(9-10-23-17)16(22)18-12(2)15-19-13-7-5-6-8-14(13)20-15/h5-8,12H,4,9-11H2,1-3H3,(H,18,22)(H,19,20)/t12-,17-/m1/s1. The number of benzene rings is 1. The predicted molar refractivity (Wildman–Crippen MR) is 89.3 cm³/mol. The molecule has 2 amide bonds. The highest BCUT2D eigenvalue weighted by Gasteiger charge is 2.33. The van der Waals surface area contributed by atoms with E-state index in [4.69, 9.17) is 4.74 Å². The van der Waals surface area contributed by atoms with Gasteiger partial charge in [0.2, 0.25) is 0 Å². The molecule has 0 unspecified atom stereocenters. The van der Waals surface area contributed by atoms with Crippen LogP contribution in [0.3, 0.4) is 0 Å². The average Bonchev–Trinajstić information content (AvgIpc) is 2.99. The Balaban J connectivity index is 1.67. The van der Waals surface area contributed by atoms with Gasteiger partial charge in [-0.2, -0.15) is 0 Å². The number of para-hydroxylation sites is 2. The zero-order valence-electron chi connectivity index (χ0n) is 13.9. The maximum atomic E-state index is 12.5. The molecule has 2 heterocycles. The molecule has 1 fully saturated rings. The Hall–Kier alpha value is -2.08. The number of urea groups is 1. The molecule has 1 aliphatic rings. The molecule has 1 aliphatic heterocycles. The molecule has 0 aliphatic carbocycles. The van der Waals surface area contributed by atoms with Gasteiger partial charge < -0.3 is 19.9 Å². The number of aromatic amines is 1. The lowest BCUT2D eigenvalue weighted by atomic mass is 10.0. The van der Waals surface area contributed by atoms with Gasteiger partial charge in [-0.05, 0) is 32.4 Å². The second-order valence-corrected chi connectivity index (χ2v) is 6.38. The van der Waals surface area contributed by atoms with Gasteiger partial charge in [0.1, 0.15) is 5.82 Å². The lowest BCUT2D eigenvalue weighted by Gasteiger charge is -2.40. The number of amides is 2. The normalized spacial score (nSPS) is 23.0. The van der Waals surface area contributed by atoms with Crippen molar-refractivity contribution >= 4 is 17.1 Å². The predicted octanol–water partition coefficient (Wildman–Crippen LogP) is 2.83. The minimum atomic E-state index is -0.252. The summed E-state index contributed by atoms with van der Waals surface area (Å²) in [7, 11) is 0. The number of nitrogens with zero attached hydrogens (tertiary/aromatic N) is 2. The quantitative estimate of drug-likeness (QED) is 0.915. The molecule has 23 heavy (non-hydrogen) atoms. The summed E-state index contributed by atoms with van der Waals surface area (Å²) in [4.78, 5) is 22.1. The third-order valence-electron chi connectivity index (χ3n) is 4.53. The zero-order chi connectivity index (χ0) is 16.4. The van der Waals surface area contributed by atoms with Crippen LogP contribution in [0.25, 0.3) is 11.0 Å². The first-order valence-corrected chi connectivity index (χ1v) is 8.15. The number of carbonyl (C=O) groups is 1. The van der Waals surface area contributed by atoms with Gasteiger partial charge in [-0.1, -0.05) is 19.1 Å². The second kappa shape index (κ2) is 6.20. The number of hydrogen-bond donors (Lipinski definition) is 2. The maximum absolute atomic E-state index is 12.5. The third kappa shape index (κ3) is 3.32. The summed E-state index contributed by atoms with van der Waals surface area (Å²) in [6.07, 6.45) is 0.885. The number of fused-ring (bicyclic) bond motifs is 1. The van der Waals surface area contributed by atoms with Crippen LogP contribution in [0, 0.1) is 0 Å². The minimum absolute atomic E-state index is 0.0686. The largest absolute Gasteiger partial charge is 0.372 e. The molecule has 1 saturated heterocycles. The second-order valence-electron chi connectivity index (χ2n) is 6.38. The Morgan fingerprint density at radius 3 is 3.04 bits per heavy atom. The van der Waals surface area contributed by atoms with Crippen LogP contribution in [0.15, 0.2) is 24.3 Å². The summed E-state index contributed by atoms with van der Waals surface area (Å²) in [5, 5.41) is 3.03. The van der Waals surface area contributed by atoms with Gasteiger partial charge in [0, 0.05) is 6.54 Å². The topological polar surface area (TPSA) is 70.2 Å². The molecular formula is C17H24N4O2. The fourth-order valence-electron chi connectivity index (χ4n) is 2.84. The van der Waals surface area contributed by atoms with Crippen LogP contribution in [-0.4, -0.2) is 46.2 Å². The number of nitrogens with one attached hydrogen (secondary N) is 2. The number of hydrogen-bond acceptors (Lipinski definition) is 3. The number of aromatic nitrogens is 2. The molecule has 2 atom stereocenters. The van der Waals surface area contributed by atoms with Crippen molar-refractivity contribution in [2.45, 2.75) is 38.8 Å². The van der Waals surface area contributed by atoms with Crippen molar-refractivity contribution in [1.82, 2.24) is 20.2 Å². The lowest BCUT2D eigenvalue weighted by molar-refractivity contribution is -0.0874. The van der Waals surface area contributed by atoms with E-state index < -0.39 is 0 Å². The Labute approximate surface area is 136 Å². The average molecular weight is 316 g/mol. The molecule has 0 saturated carbocycles. The Kier molecular flexibility index (Phi) is 4.26. The first-order valence-electron chi connectivity index (χ1n) is 8.15. The van der Waals surface area contributed by atoms with E-state index in [2.05, 4.69) is 29.1 Å². The first kappa shape index (κ1) is 15.8. The van der Waals surface area contributed by atoms with Crippen LogP contribution >= 0.6 is 0 Å². The monoisotopic (exact) mass is 316 g/mol. The number of H-pyrrole nitrogens is 1. The molecule has 0 radical (unpaired) electrons. The fourth-order valence-corrected chi connectivity index (χ4v) is 2.84. The Bertz CT molecular complexity index is 666. The van der Waals surface area contributed by atoms with Crippen molar-refractivity contribution < 1.29 is 9.53 Å². The molecule has 124 valence electrons. The van der Waals surface area contributed by atoms with Gasteiger partial charge in [-0.15, -0.1) is 0 Å². The highest BCUT2D eigenvalue weighted by atomic mass is 16.5. The molecule has 6 heteroatoms. The molecule has 2 N–H and O–H groups in total. The number of imidazole rings is 1. The van der Waals surface area contributed by atoms with Crippen molar-refractivity contribution in [2.75, 3.05) is 19.7 Å². The van der Waals surface area contributed by atoms with E-state index in [1.807, 2.05) is 36.1 Å². The van der Waals surface area contributed by atoms with Gasteiger partial charge >= 0.3 is 6.03 Å². The number of carbonyl (C=O) groups excluding carboxylic acids is 1. The van der Waals surface area contributed by atoms with E-state index in [9.17, 15) is 4.79 Å². The van der Waals surface area contributed by atoms with Crippen LogP contribution in [0.1, 0.15) is 39.1 Å². The van der Waals surface area contributed by atoms with Crippen LogP contribution in [0.2, 0.25) is 0 Å². The molecule has 0 bridgehead atoms. The zero-order valence-corrected chi connectivity index (χ0v) is 13.9. The highest BCUT2D eigenvalue weighted by molar-refractivity contribution is 5.76. The molecule has 6 nitrogen and oxygen atoms in total. The molecule has 3 rings (SSSR count). The smallest absolute Gasteiger partial charge is 0.318 e. The fraction of sp³-hybridized carbons (Fsp3) is 0.529. The van der Waals surface area contributed by atoms with Crippen molar-refractivity contribution in [2.24, 2.45) is 0 Å². The molecule has 1 aromatic heterocycles. The number of rotatable bonds is 3. The van der Waals surface area contributed by atoms with Gasteiger partial charge in [-0.3, -0.25) is 0 Å². The van der Waals surface area contributed by atoms with E-state index in [0.717, 1.165) is 23.3 Å². The van der Waals surface area contributed by atoms with E-state index in [1.54, 1.807) is 0 Å². The summed E-state index contributed by atoms with van der Waals surface area (Å²) < 4.78 is 5.78. The number of ether oxygens (including phenoxy) is 1. The molecular weight excluding hydrogens is 292 g/mol. The molecule has 1 aromatic carbocycles. The number of morpholine rings is 1. The third-order valence-corrected chi connectivity index (χ3v) is 4.53. The van der Waals surface area contributed by atoms with Crippen molar-refractivity contribution in [1.29, 1.82) is 0 Å². The van der Waals surface area contributed by atoms with Crippen LogP contribution in [0.5, 0.6) is 0 Å². The highest BCUT2D eigenvalue weighted by Crippen LogP contribution is 2.22.